The van der Waals surface area contributed by atoms with Gasteiger partial charge in [-0.25, -0.2) is 24.7 Å². The lowest BCUT2D eigenvalue weighted by Gasteiger charge is -2.40. The molecular weight excluding hydrogens is 408 g/mol. The molecule has 4 heterocycles. The quantitative estimate of drug-likeness (QED) is 0.623. The van der Waals surface area contributed by atoms with Gasteiger partial charge in [0.15, 0.2) is 0 Å². The van der Waals surface area contributed by atoms with Crippen LogP contribution < -0.4 is 10.6 Å². The Bertz CT molecular complexity index is 1090. The van der Waals surface area contributed by atoms with E-state index in [9.17, 15) is 4.79 Å². The Morgan fingerprint density at radius 2 is 1.81 bits per heavy atom. The van der Waals surface area contributed by atoms with Crippen LogP contribution in [0.5, 0.6) is 0 Å². The largest absolute Gasteiger partial charge is 0.444 e. The number of pyridine rings is 1. The Morgan fingerprint density at radius 1 is 1.06 bits per heavy atom. The maximum Gasteiger partial charge on any atom is 0.410 e. The van der Waals surface area contributed by atoms with E-state index in [1.165, 1.54) is 0 Å². The van der Waals surface area contributed by atoms with Gasteiger partial charge in [-0.3, -0.25) is 4.98 Å². The summed E-state index contributed by atoms with van der Waals surface area (Å²) in [5.74, 6) is 1.76. The van der Waals surface area contributed by atoms with E-state index in [4.69, 9.17) is 4.74 Å². The Hall–Kier alpha value is -3.82. The summed E-state index contributed by atoms with van der Waals surface area (Å²) in [7, 11) is 0. The number of nitrogens with zero attached hydrogens (tertiary/aromatic N) is 6. The van der Waals surface area contributed by atoms with Crippen molar-refractivity contribution in [2.24, 2.45) is 0 Å². The molecule has 3 aromatic rings. The van der Waals surface area contributed by atoms with Gasteiger partial charge >= 0.3 is 6.09 Å². The van der Waals surface area contributed by atoms with Crippen LogP contribution in [0.25, 0.3) is 11.3 Å². The number of ether oxygens (including phenoxy) is 1. The monoisotopic (exact) mass is 434 g/mol. The highest BCUT2D eigenvalue weighted by molar-refractivity contribution is 5.69. The minimum Gasteiger partial charge on any atom is -0.444 e. The first kappa shape index (κ1) is 21.4. The smallest absolute Gasteiger partial charge is 0.410 e. The third kappa shape index (κ3) is 5.45. The Morgan fingerprint density at radius 3 is 2.50 bits per heavy atom. The Kier molecular flexibility index (Phi) is 5.85. The molecule has 4 rings (SSSR count). The first-order valence-corrected chi connectivity index (χ1v) is 10.3. The zero-order chi connectivity index (χ0) is 22.7. The highest BCUT2D eigenvalue weighted by atomic mass is 16.6. The average Bonchev–Trinajstić information content (AvgIpc) is 2.70. The number of aromatic nitrogens is 5. The SMILES string of the molecule is Cc1cccc(Nc2ncc(-c3cncc(NC4CN(C(=O)OC(C)(C)C)C4)n3)cn2)n1. The van der Waals surface area contributed by atoms with Gasteiger partial charge < -0.3 is 20.3 Å². The summed E-state index contributed by atoms with van der Waals surface area (Å²) in [6.45, 7) is 8.59. The predicted octanol–water partition coefficient (Wildman–Crippen LogP) is 3.41. The van der Waals surface area contributed by atoms with Gasteiger partial charge in [-0.1, -0.05) is 6.07 Å². The molecule has 0 saturated carbocycles. The van der Waals surface area contributed by atoms with Crippen LogP contribution >= 0.6 is 0 Å². The van der Waals surface area contributed by atoms with E-state index in [-0.39, 0.29) is 12.1 Å². The topological polar surface area (TPSA) is 118 Å². The molecule has 0 spiro atoms. The zero-order valence-electron chi connectivity index (χ0n) is 18.5. The van der Waals surface area contributed by atoms with Crippen LogP contribution in [0.1, 0.15) is 26.5 Å². The summed E-state index contributed by atoms with van der Waals surface area (Å²) in [5, 5.41) is 6.38. The average molecular weight is 435 g/mol. The van der Waals surface area contributed by atoms with Crippen molar-refractivity contribution in [3.8, 4) is 11.3 Å². The van der Waals surface area contributed by atoms with E-state index in [1.54, 1.807) is 29.7 Å². The first-order valence-electron chi connectivity index (χ1n) is 10.3. The number of carbonyl (C=O) groups is 1. The van der Waals surface area contributed by atoms with Crippen molar-refractivity contribution < 1.29 is 9.53 Å². The molecule has 10 nitrogen and oxygen atoms in total. The molecule has 32 heavy (non-hydrogen) atoms. The minimum atomic E-state index is -0.501. The molecule has 1 aliphatic rings. The molecule has 0 atom stereocenters. The molecule has 1 fully saturated rings. The van der Waals surface area contributed by atoms with E-state index in [1.807, 2.05) is 45.9 Å². The van der Waals surface area contributed by atoms with Crippen LogP contribution in [-0.4, -0.2) is 60.6 Å². The van der Waals surface area contributed by atoms with Crippen molar-refractivity contribution >= 4 is 23.7 Å². The van der Waals surface area contributed by atoms with Gasteiger partial charge in [-0.2, -0.15) is 0 Å². The van der Waals surface area contributed by atoms with Crippen molar-refractivity contribution in [2.45, 2.75) is 39.3 Å². The third-order valence-corrected chi connectivity index (χ3v) is 4.60. The highest BCUT2D eigenvalue weighted by Gasteiger charge is 2.33. The van der Waals surface area contributed by atoms with Gasteiger partial charge in [0.25, 0.3) is 0 Å². The van der Waals surface area contributed by atoms with Gasteiger partial charge in [0.05, 0.1) is 24.1 Å². The fourth-order valence-electron chi connectivity index (χ4n) is 3.08. The number of hydrogen-bond acceptors (Lipinski definition) is 9. The maximum atomic E-state index is 12.1. The molecule has 0 unspecified atom stereocenters. The number of likely N-dealkylation sites (tertiary alicyclic amines) is 1. The van der Waals surface area contributed by atoms with Crippen LogP contribution in [0.15, 0.2) is 43.0 Å². The van der Waals surface area contributed by atoms with Crippen molar-refractivity contribution in [1.29, 1.82) is 0 Å². The molecule has 1 aliphatic heterocycles. The number of nitrogens with one attached hydrogen (secondary N) is 2. The van der Waals surface area contributed by atoms with Crippen molar-refractivity contribution in [3.05, 3.63) is 48.7 Å². The number of aryl methyl sites for hydroxylation is 1. The fraction of sp³-hybridized carbons (Fsp3) is 0.364. The summed E-state index contributed by atoms with van der Waals surface area (Å²) < 4.78 is 5.38. The van der Waals surface area contributed by atoms with Crippen LogP contribution in [0.2, 0.25) is 0 Å². The summed E-state index contributed by atoms with van der Waals surface area (Å²) in [5.41, 5.74) is 1.80. The molecule has 10 heteroatoms. The van der Waals surface area contributed by atoms with Crippen LogP contribution in [-0.2, 0) is 4.74 Å². The number of anilines is 3. The summed E-state index contributed by atoms with van der Waals surface area (Å²) >= 11 is 0. The standard InChI is InChI=1S/C22H26N8O2/c1-14-6-5-7-18(26-14)29-20-24-8-15(9-25-20)17-10-23-11-19(28-17)27-16-12-30(13-16)21(31)32-22(2,3)4/h5-11,16H,12-13H2,1-4H3,(H,27,28)(H,24,25,26,29). The molecule has 1 saturated heterocycles. The fourth-order valence-corrected chi connectivity index (χ4v) is 3.08. The Labute approximate surface area is 186 Å². The third-order valence-electron chi connectivity index (χ3n) is 4.60. The first-order chi connectivity index (χ1) is 15.2. The van der Waals surface area contributed by atoms with Crippen molar-refractivity contribution in [3.63, 3.8) is 0 Å². The van der Waals surface area contributed by atoms with E-state index >= 15 is 0 Å². The number of amides is 1. The molecule has 0 aliphatic carbocycles. The van der Waals surface area contributed by atoms with Gasteiger partial charge in [0.2, 0.25) is 5.95 Å². The van der Waals surface area contributed by atoms with Crippen LogP contribution in [0.4, 0.5) is 22.4 Å². The number of rotatable bonds is 5. The second-order valence-electron chi connectivity index (χ2n) is 8.60. The van der Waals surface area contributed by atoms with E-state index in [0.29, 0.717) is 36.4 Å². The second-order valence-corrected chi connectivity index (χ2v) is 8.60. The summed E-state index contributed by atoms with van der Waals surface area (Å²) in [6, 6.07) is 5.79. The second kappa shape index (κ2) is 8.74. The lowest BCUT2D eigenvalue weighted by Crippen LogP contribution is -2.58. The Balaban J connectivity index is 1.35. The van der Waals surface area contributed by atoms with Crippen molar-refractivity contribution in [2.75, 3.05) is 23.7 Å². The molecular formula is C22H26N8O2. The van der Waals surface area contributed by atoms with E-state index in [0.717, 1.165) is 11.3 Å². The molecule has 1 amide bonds. The van der Waals surface area contributed by atoms with Gasteiger partial charge in [0.1, 0.15) is 17.2 Å². The van der Waals surface area contributed by atoms with Gasteiger partial charge in [0, 0.05) is 36.7 Å². The van der Waals surface area contributed by atoms with E-state index < -0.39 is 5.60 Å². The minimum absolute atomic E-state index is 0.0942. The predicted molar refractivity (Wildman–Crippen MR) is 121 cm³/mol. The number of hydrogen-bond donors (Lipinski definition) is 2. The molecule has 0 aromatic carbocycles. The summed E-state index contributed by atoms with van der Waals surface area (Å²) in [6.07, 6.45) is 6.38. The van der Waals surface area contributed by atoms with Crippen LogP contribution in [0, 0.1) is 6.92 Å². The molecule has 166 valence electrons. The van der Waals surface area contributed by atoms with Crippen LogP contribution in [0.3, 0.4) is 0 Å². The molecule has 0 bridgehead atoms. The lowest BCUT2D eigenvalue weighted by molar-refractivity contribution is 0.0104. The number of carbonyl (C=O) groups excluding carboxylic acids is 1. The van der Waals surface area contributed by atoms with Gasteiger partial charge in [-0.05, 0) is 39.8 Å². The highest BCUT2D eigenvalue weighted by Crippen LogP contribution is 2.21. The van der Waals surface area contributed by atoms with Crippen molar-refractivity contribution in [1.82, 2.24) is 29.8 Å². The maximum absolute atomic E-state index is 12.1. The summed E-state index contributed by atoms with van der Waals surface area (Å²) in [4.78, 5) is 35.7. The van der Waals surface area contributed by atoms with E-state index in [2.05, 4.69) is 35.6 Å². The molecule has 2 N–H and O–H groups in total. The lowest BCUT2D eigenvalue weighted by atomic mass is 10.1. The molecule has 0 radical (unpaired) electrons. The van der Waals surface area contributed by atoms with Gasteiger partial charge in [-0.15, -0.1) is 0 Å². The molecule has 3 aromatic heterocycles. The normalized spacial score (nSPS) is 13.9. The zero-order valence-corrected chi connectivity index (χ0v) is 18.5.